The maximum Gasteiger partial charge on any atom is 0.345 e. The molecule has 8 heteroatoms. The predicted octanol–water partition coefficient (Wildman–Crippen LogP) is 1.96. The van der Waals surface area contributed by atoms with Crippen LogP contribution in [0.5, 0.6) is 5.75 Å². The van der Waals surface area contributed by atoms with Gasteiger partial charge in [-0.05, 0) is 43.2 Å². The molecule has 0 atom stereocenters. The van der Waals surface area contributed by atoms with Crippen LogP contribution in [-0.2, 0) is 15.0 Å². The highest BCUT2D eigenvalue weighted by atomic mass is 32.2. The van der Waals surface area contributed by atoms with E-state index in [2.05, 4.69) is 4.40 Å². The zero-order chi connectivity index (χ0) is 18.7. The average molecular weight is 377 g/mol. The van der Waals surface area contributed by atoms with Crippen molar-refractivity contribution in [1.82, 2.24) is 9.21 Å². The first-order valence-corrected chi connectivity index (χ1v) is 10.1. The van der Waals surface area contributed by atoms with Crippen molar-refractivity contribution in [3.05, 3.63) is 41.6 Å². The van der Waals surface area contributed by atoms with E-state index in [1.54, 1.807) is 42.4 Å². The van der Waals surface area contributed by atoms with Gasteiger partial charge in [0.05, 0.1) is 12.8 Å². The van der Waals surface area contributed by atoms with Gasteiger partial charge >= 0.3 is 10.2 Å². The number of likely N-dealkylation sites (N-methyl/N-ethyl adjacent to an activating group) is 1. The molecule has 1 saturated heterocycles. The Labute approximate surface area is 154 Å². The van der Waals surface area contributed by atoms with Gasteiger partial charge in [0, 0.05) is 25.7 Å². The molecule has 0 spiro atoms. The van der Waals surface area contributed by atoms with Gasteiger partial charge in [0.2, 0.25) is 0 Å². The molecular weight excluding hydrogens is 354 g/mol. The van der Waals surface area contributed by atoms with Crippen molar-refractivity contribution in [2.24, 2.45) is 4.40 Å². The summed E-state index contributed by atoms with van der Waals surface area (Å²) in [7, 11) is -1.02. The summed E-state index contributed by atoms with van der Waals surface area (Å²) in [5.41, 5.74) is 1.00. The number of likely N-dealkylation sites (tertiary alicyclic amines) is 1. The number of rotatable bonds is 3. The molecule has 1 aromatic carbocycles. The predicted molar refractivity (Wildman–Crippen MR) is 99.3 cm³/mol. The van der Waals surface area contributed by atoms with E-state index in [-0.39, 0.29) is 17.3 Å². The zero-order valence-electron chi connectivity index (χ0n) is 15.0. The van der Waals surface area contributed by atoms with Crippen LogP contribution in [0.15, 0.2) is 40.4 Å². The van der Waals surface area contributed by atoms with Crippen LogP contribution in [0.2, 0.25) is 0 Å². The zero-order valence-corrected chi connectivity index (χ0v) is 15.8. The minimum absolute atomic E-state index is 0.132. The van der Waals surface area contributed by atoms with Gasteiger partial charge in [-0.2, -0.15) is 8.42 Å². The molecule has 0 N–H and O–H groups in total. The number of ether oxygens (including phenoxy) is 1. The summed E-state index contributed by atoms with van der Waals surface area (Å²) in [6.07, 6.45) is 5.62. The van der Waals surface area contributed by atoms with Crippen LogP contribution in [0.25, 0.3) is 0 Å². The lowest BCUT2D eigenvalue weighted by molar-refractivity contribution is -0.128. The first-order valence-electron chi connectivity index (χ1n) is 8.66. The third-order valence-corrected chi connectivity index (χ3v) is 5.99. The fraction of sp³-hybridized carbons (Fsp3) is 0.444. The first kappa shape index (κ1) is 18.4. The quantitative estimate of drug-likeness (QED) is 0.807. The summed E-state index contributed by atoms with van der Waals surface area (Å²) < 4.78 is 34.8. The molecular formula is C18H23N3O4S. The molecule has 0 bridgehead atoms. The van der Waals surface area contributed by atoms with Gasteiger partial charge in [-0.25, -0.2) is 4.31 Å². The third-order valence-electron chi connectivity index (χ3n) is 4.67. The Hall–Kier alpha value is -2.35. The first-order chi connectivity index (χ1) is 12.4. The van der Waals surface area contributed by atoms with Crippen molar-refractivity contribution in [3.63, 3.8) is 0 Å². The topological polar surface area (TPSA) is 79.3 Å². The number of hydrogen-bond donors (Lipinski definition) is 0. The van der Waals surface area contributed by atoms with Crippen molar-refractivity contribution in [1.29, 1.82) is 0 Å². The molecule has 3 rings (SSSR count). The van der Waals surface area contributed by atoms with Crippen molar-refractivity contribution in [2.75, 3.05) is 27.2 Å². The number of hydrogen-bond acceptors (Lipinski definition) is 4. The second kappa shape index (κ2) is 7.49. The highest BCUT2D eigenvalue weighted by molar-refractivity contribution is 7.88. The minimum Gasteiger partial charge on any atom is -0.497 e. The van der Waals surface area contributed by atoms with Gasteiger partial charge in [0.1, 0.15) is 11.4 Å². The van der Waals surface area contributed by atoms with Gasteiger partial charge in [-0.15, -0.1) is 4.40 Å². The monoisotopic (exact) mass is 377 g/mol. The number of carbonyl (C=O) groups excluding carboxylic acids is 1. The van der Waals surface area contributed by atoms with Crippen LogP contribution in [-0.4, -0.2) is 56.5 Å². The Balaban J connectivity index is 1.95. The van der Waals surface area contributed by atoms with E-state index < -0.39 is 10.2 Å². The molecule has 140 valence electrons. The number of amides is 1. The summed E-state index contributed by atoms with van der Waals surface area (Å²) in [5.74, 6) is 0.397. The summed E-state index contributed by atoms with van der Waals surface area (Å²) in [4.78, 5) is 14.7. The van der Waals surface area contributed by atoms with E-state index in [1.165, 1.54) is 7.05 Å². The molecule has 1 fully saturated rings. The van der Waals surface area contributed by atoms with E-state index in [0.717, 1.165) is 30.0 Å². The highest BCUT2D eigenvalue weighted by Crippen LogP contribution is 2.23. The lowest BCUT2D eigenvalue weighted by Crippen LogP contribution is -2.41. The lowest BCUT2D eigenvalue weighted by Gasteiger charge is -2.28. The van der Waals surface area contributed by atoms with E-state index >= 15 is 0 Å². The SMILES string of the molecule is COc1ccc(C2=NS(=O)(=O)N(C)C(C(=O)N3CCCCCC3)=C2)cc1. The van der Waals surface area contributed by atoms with Crippen LogP contribution in [0.3, 0.4) is 0 Å². The molecule has 0 aromatic heterocycles. The van der Waals surface area contributed by atoms with Crippen molar-refractivity contribution < 1.29 is 17.9 Å². The molecule has 2 heterocycles. The molecule has 1 aromatic rings. The van der Waals surface area contributed by atoms with Crippen molar-refractivity contribution in [2.45, 2.75) is 25.7 Å². The summed E-state index contributed by atoms with van der Waals surface area (Å²) in [6, 6.07) is 6.91. The van der Waals surface area contributed by atoms with Gasteiger partial charge in [-0.1, -0.05) is 12.8 Å². The number of methoxy groups -OCH3 is 1. The molecule has 0 radical (unpaired) electrons. The Morgan fingerprint density at radius 2 is 1.69 bits per heavy atom. The summed E-state index contributed by atoms with van der Waals surface area (Å²) >= 11 is 0. The molecule has 0 aliphatic carbocycles. The fourth-order valence-electron chi connectivity index (χ4n) is 3.09. The third kappa shape index (κ3) is 3.75. The Kier molecular flexibility index (Phi) is 5.31. The molecule has 2 aliphatic heterocycles. The summed E-state index contributed by atoms with van der Waals surface area (Å²) in [5, 5.41) is 0. The molecule has 7 nitrogen and oxygen atoms in total. The largest absolute Gasteiger partial charge is 0.497 e. The molecule has 1 amide bonds. The smallest absolute Gasteiger partial charge is 0.345 e. The van der Waals surface area contributed by atoms with Crippen LogP contribution < -0.4 is 4.74 Å². The maximum atomic E-state index is 13.0. The van der Waals surface area contributed by atoms with Gasteiger partial charge in [-0.3, -0.25) is 4.79 Å². The second-order valence-electron chi connectivity index (χ2n) is 6.39. The van der Waals surface area contributed by atoms with Crippen molar-refractivity contribution >= 4 is 21.8 Å². The molecule has 26 heavy (non-hydrogen) atoms. The van der Waals surface area contributed by atoms with Gasteiger partial charge in [0.25, 0.3) is 5.91 Å². The van der Waals surface area contributed by atoms with Gasteiger partial charge in [0.15, 0.2) is 0 Å². The number of allylic oxidation sites excluding steroid dienone is 1. The number of carbonyl (C=O) groups is 1. The Morgan fingerprint density at radius 3 is 2.27 bits per heavy atom. The normalized spacial score (nSPS) is 20.1. The maximum absolute atomic E-state index is 13.0. The second-order valence-corrected chi connectivity index (χ2v) is 8.01. The molecule has 0 saturated carbocycles. The van der Waals surface area contributed by atoms with Crippen LogP contribution >= 0.6 is 0 Å². The Morgan fingerprint density at radius 1 is 1.08 bits per heavy atom. The van der Waals surface area contributed by atoms with Crippen LogP contribution in [0, 0.1) is 0 Å². The average Bonchev–Trinajstić information content (AvgIpc) is 2.93. The van der Waals surface area contributed by atoms with Crippen LogP contribution in [0.4, 0.5) is 0 Å². The van der Waals surface area contributed by atoms with Crippen LogP contribution in [0.1, 0.15) is 31.2 Å². The number of benzene rings is 1. The van der Waals surface area contributed by atoms with E-state index in [0.29, 0.717) is 24.4 Å². The Bertz CT molecular complexity index is 836. The standard InChI is InChI=1S/C18H23N3O4S/c1-20-17(18(22)21-11-5-3-4-6-12-21)13-16(19-26(20,23)24)14-7-9-15(25-2)10-8-14/h7-10,13H,3-6,11-12H2,1-2H3. The number of nitrogens with zero attached hydrogens (tertiary/aromatic N) is 3. The summed E-state index contributed by atoms with van der Waals surface area (Å²) in [6.45, 7) is 1.30. The van der Waals surface area contributed by atoms with E-state index in [4.69, 9.17) is 4.74 Å². The lowest BCUT2D eigenvalue weighted by atomic mass is 10.1. The highest BCUT2D eigenvalue weighted by Gasteiger charge is 2.32. The minimum atomic E-state index is -3.94. The van der Waals surface area contributed by atoms with E-state index in [1.807, 2.05) is 0 Å². The van der Waals surface area contributed by atoms with Crippen molar-refractivity contribution in [3.8, 4) is 5.75 Å². The fourth-order valence-corrected chi connectivity index (χ4v) is 4.00. The molecule has 2 aliphatic rings. The van der Waals surface area contributed by atoms with Gasteiger partial charge < -0.3 is 9.64 Å². The molecule has 0 unspecified atom stereocenters. The van der Waals surface area contributed by atoms with E-state index in [9.17, 15) is 13.2 Å².